The Kier molecular flexibility index (Phi) is 9.72. The smallest absolute Gasteiger partial charge is 0.222 e. The van der Waals surface area contributed by atoms with Gasteiger partial charge in [0.25, 0.3) is 0 Å². The molecule has 1 fully saturated rings. The molecule has 0 heterocycles. The summed E-state index contributed by atoms with van der Waals surface area (Å²) < 4.78 is 5.29. The van der Waals surface area contributed by atoms with E-state index in [0.29, 0.717) is 19.1 Å². The van der Waals surface area contributed by atoms with Crippen molar-refractivity contribution < 1.29 is 9.53 Å². The highest BCUT2D eigenvalue weighted by Gasteiger charge is 2.10. The Labute approximate surface area is 117 Å². The van der Waals surface area contributed by atoms with Crippen molar-refractivity contribution in [1.82, 2.24) is 10.6 Å². The van der Waals surface area contributed by atoms with Gasteiger partial charge in [-0.15, -0.1) is 0 Å². The fraction of sp³-hybridized carbons (Fsp3) is 0.933. The van der Waals surface area contributed by atoms with Crippen LogP contribution in [0, 0.1) is 0 Å². The molecule has 1 saturated carbocycles. The first kappa shape index (κ1) is 16.4. The highest BCUT2D eigenvalue weighted by Crippen LogP contribution is 2.16. The maximum Gasteiger partial charge on any atom is 0.222 e. The number of amides is 1. The second kappa shape index (κ2) is 11.2. The summed E-state index contributed by atoms with van der Waals surface area (Å²) >= 11 is 0. The Hall–Kier alpha value is -0.610. The van der Waals surface area contributed by atoms with Crippen molar-refractivity contribution >= 4 is 5.91 Å². The maximum absolute atomic E-state index is 11.5. The van der Waals surface area contributed by atoms with Crippen molar-refractivity contribution in [2.45, 2.75) is 64.3 Å². The van der Waals surface area contributed by atoms with E-state index in [1.54, 1.807) is 0 Å². The Morgan fingerprint density at radius 2 is 1.84 bits per heavy atom. The van der Waals surface area contributed by atoms with E-state index < -0.39 is 0 Å². The summed E-state index contributed by atoms with van der Waals surface area (Å²) in [5.41, 5.74) is 0. The predicted octanol–water partition coefficient (Wildman–Crippen LogP) is 2.23. The third-order valence-corrected chi connectivity index (χ3v) is 3.56. The molecule has 1 rings (SSSR count). The molecule has 0 radical (unpaired) electrons. The molecule has 1 amide bonds. The molecule has 1 aliphatic carbocycles. The summed E-state index contributed by atoms with van der Waals surface area (Å²) in [6.45, 7) is 4.96. The molecule has 112 valence electrons. The number of nitrogens with one attached hydrogen (secondary N) is 2. The van der Waals surface area contributed by atoms with Gasteiger partial charge in [-0.1, -0.05) is 32.6 Å². The first-order valence-electron chi connectivity index (χ1n) is 7.90. The summed E-state index contributed by atoms with van der Waals surface area (Å²) in [6.07, 6.45) is 9.52. The van der Waals surface area contributed by atoms with Crippen LogP contribution in [-0.4, -0.2) is 38.3 Å². The second-order valence-electron chi connectivity index (χ2n) is 5.35. The number of hydrogen-bond donors (Lipinski definition) is 2. The molecule has 0 bridgehead atoms. The zero-order valence-electron chi connectivity index (χ0n) is 12.4. The van der Waals surface area contributed by atoms with Gasteiger partial charge < -0.3 is 15.4 Å². The van der Waals surface area contributed by atoms with E-state index in [-0.39, 0.29) is 5.91 Å². The van der Waals surface area contributed by atoms with E-state index >= 15 is 0 Å². The van der Waals surface area contributed by atoms with Crippen molar-refractivity contribution in [3.05, 3.63) is 0 Å². The van der Waals surface area contributed by atoms with Crippen LogP contribution in [0.1, 0.15) is 58.3 Å². The van der Waals surface area contributed by atoms with E-state index in [1.165, 1.54) is 38.5 Å². The van der Waals surface area contributed by atoms with Gasteiger partial charge in [0.15, 0.2) is 0 Å². The van der Waals surface area contributed by atoms with E-state index in [4.69, 9.17) is 4.74 Å². The van der Waals surface area contributed by atoms with Gasteiger partial charge in [0.1, 0.15) is 0 Å². The highest BCUT2D eigenvalue weighted by molar-refractivity contribution is 5.75. The lowest BCUT2D eigenvalue weighted by Gasteiger charge is -2.16. The number of hydrogen-bond acceptors (Lipinski definition) is 3. The molecule has 0 atom stereocenters. The summed E-state index contributed by atoms with van der Waals surface area (Å²) in [6, 6.07) is 0.660. The standard InChI is InChI=1S/C15H30N2O2/c1-2-12-19-13-9-15(18)17-11-10-16-14-7-5-3-4-6-8-14/h14,16H,2-13H2,1H3,(H,17,18). The molecular formula is C15H30N2O2. The molecule has 0 aromatic rings. The molecule has 0 aliphatic heterocycles. The third kappa shape index (κ3) is 9.00. The Balaban J connectivity index is 1.92. The molecule has 0 aromatic heterocycles. The topological polar surface area (TPSA) is 50.4 Å². The Morgan fingerprint density at radius 3 is 2.53 bits per heavy atom. The molecular weight excluding hydrogens is 240 g/mol. The minimum absolute atomic E-state index is 0.0961. The average Bonchev–Trinajstić information content (AvgIpc) is 2.68. The van der Waals surface area contributed by atoms with Gasteiger partial charge in [-0.2, -0.15) is 0 Å². The van der Waals surface area contributed by atoms with Crippen molar-refractivity contribution in [3.8, 4) is 0 Å². The molecule has 2 N–H and O–H groups in total. The van der Waals surface area contributed by atoms with Crippen molar-refractivity contribution in [2.75, 3.05) is 26.3 Å². The third-order valence-electron chi connectivity index (χ3n) is 3.56. The van der Waals surface area contributed by atoms with E-state index in [2.05, 4.69) is 17.6 Å². The first-order valence-corrected chi connectivity index (χ1v) is 7.90. The quantitative estimate of drug-likeness (QED) is 0.499. The van der Waals surface area contributed by atoms with Gasteiger partial charge in [0.05, 0.1) is 6.61 Å². The first-order chi connectivity index (χ1) is 9.33. The molecule has 0 spiro atoms. The van der Waals surface area contributed by atoms with Crippen LogP contribution in [0.2, 0.25) is 0 Å². The fourth-order valence-electron chi connectivity index (χ4n) is 2.46. The minimum Gasteiger partial charge on any atom is -0.381 e. The van der Waals surface area contributed by atoms with Crippen LogP contribution < -0.4 is 10.6 Å². The van der Waals surface area contributed by atoms with Crippen molar-refractivity contribution in [3.63, 3.8) is 0 Å². The van der Waals surface area contributed by atoms with Crippen molar-refractivity contribution in [1.29, 1.82) is 0 Å². The van der Waals surface area contributed by atoms with Crippen LogP contribution >= 0.6 is 0 Å². The lowest BCUT2D eigenvalue weighted by Crippen LogP contribution is -2.37. The van der Waals surface area contributed by atoms with Crippen LogP contribution in [0.25, 0.3) is 0 Å². The lowest BCUT2D eigenvalue weighted by atomic mass is 10.1. The number of ether oxygens (including phenoxy) is 1. The highest BCUT2D eigenvalue weighted by atomic mass is 16.5. The van der Waals surface area contributed by atoms with Crippen LogP contribution in [0.3, 0.4) is 0 Å². The van der Waals surface area contributed by atoms with E-state index in [0.717, 1.165) is 26.1 Å². The van der Waals surface area contributed by atoms with Crippen LogP contribution in [0.5, 0.6) is 0 Å². The van der Waals surface area contributed by atoms with Gasteiger partial charge in [-0.3, -0.25) is 4.79 Å². The van der Waals surface area contributed by atoms with Gasteiger partial charge in [-0.05, 0) is 19.3 Å². The lowest BCUT2D eigenvalue weighted by molar-refractivity contribution is -0.122. The predicted molar refractivity (Wildman–Crippen MR) is 78.2 cm³/mol. The molecule has 4 heteroatoms. The average molecular weight is 270 g/mol. The molecule has 0 aromatic carbocycles. The molecule has 0 saturated heterocycles. The number of carbonyl (C=O) groups is 1. The zero-order valence-corrected chi connectivity index (χ0v) is 12.4. The van der Waals surface area contributed by atoms with Gasteiger partial charge in [0, 0.05) is 32.2 Å². The molecule has 1 aliphatic rings. The van der Waals surface area contributed by atoms with Crippen LogP contribution in [0.4, 0.5) is 0 Å². The van der Waals surface area contributed by atoms with Gasteiger partial charge in [0.2, 0.25) is 5.91 Å². The minimum atomic E-state index is 0.0961. The maximum atomic E-state index is 11.5. The SMILES string of the molecule is CCCOCCC(=O)NCCNC1CCCCCC1. The fourth-order valence-corrected chi connectivity index (χ4v) is 2.46. The van der Waals surface area contributed by atoms with Gasteiger partial charge >= 0.3 is 0 Å². The normalized spacial score (nSPS) is 17.1. The summed E-state index contributed by atoms with van der Waals surface area (Å²) in [5.74, 6) is 0.0961. The summed E-state index contributed by atoms with van der Waals surface area (Å²) in [5, 5.41) is 6.48. The Morgan fingerprint density at radius 1 is 1.11 bits per heavy atom. The number of rotatable bonds is 9. The number of carbonyl (C=O) groups excluding carboxylic acids is 1. The zero-order chi connectivity index (χ0) is 13.8. The van der Waals surface area contributed by atoms with Gasteiger partial charge in [-0.25, -0.2) is 0 Å². The molecule has 0 unspecified atom stereocenters. The van der Waals surface area contributed by atoms with E-state index in [1.807, 2.05) is 0 Å². The summed E-state index contributed by atoms with van der Waals surface area (Å²) in [4.78, 5) is 11.5. The second-order valence-corrected chi connectivity index (χ2v) is 5.35. The van der Waals surface area contributed by atoms with E-state index in [9.17, 15) is 4.79 Å². The molecule has 19 heavy (non-hydrogen) atoms. The largest absolute Gasteiger partial charge is 0.381 e. The monoisotopic (exact) mass is 270 g/mol. The summed E-state index contributed by atoms with van der Waals surface area (Å²) in [7, 11) is 0. The Bertz CT molecular complexity index is 226. The van der Waals surface area contributed by atoms with Crippen LogP contribution in [0.15, 0.2) is 0 Å². The molecule has 4 nitrogen and oxygen atoms in total. The van der Waals surface area contributed by atoms with Crippen LogP contribution in [-0.2, 0) is 9.53 Å². The van der Waals surface area contributed by atoms with Crippen molar-refractivity contribution in [2.24, 2.45) is 0 Å².